The topological polar surface area (TPSA) is 66.9 Å². The van der Waals surface area contributed by atoms with Crippen LogP contribution in [0, 0.1) is 0 Å². The number of fused-ring (bicyclic) bond motifs is 1. The smallest absolute Gasteiger partial charge is 0.254 e. The minimum Gasteiger partial charge on any atom is -0.495 e. The van der Waals surface area contributed by atoms with Crippen molar-refractivity contribution in [2.75, 3.05) is 28.3 Å². The number of benzene rings is 2. The van der Waals surface area contributed by atoms with E-state index in [1.54, 1.807) is 18.0 Å². The third kappa shape index (κ3) is 3.44. The van der Waals surface area contributed by atoms with E-state index in [0.29, 0.717) is 5.56 Å². The highest BCUT2D eigenvalue weighted by Gasteiger charge is 2.30. The Balaban J connectivity index is 1.96. The quantitative estimate of drug-likeness (QED) is 0.790. The van der Waals surface area contributed by atoms with E-state index in [2.05, 4.69) is 6.07 Å². The molecule has 3 rings (SSSR count). The molecule has 1 atom stereocenters. The number of carbonyl (C=O) groups excluding carboxylic acids is 1. The predicted octanol–water partition coefficient (Wildman–Crippen LogP) is 2.71. The first-order valence-electron chi connectivity index (χ1n) is 8.73. The molecule has 2 aromatic rings. The minimum absolute atomic E-state index is 0.00953. The van der Waals surface area contributed by atoms with E-state index in [9.17, 15) is 13.2 Å². The zero-order valence-electron chi connectivity index (χ0n) is 16.0. The number of methoxy groups -OCH3 is 1. The van der Waals surface area contributed by atoms with Gasteiger partial charge in [0.15, 0.2) is 0 Å². The molecule has 2 aromatic carbocycles. The zero-order valence-corrected chi connectivity index (χ0v) is 16.8. The summed E-state index contributed by atoms with van der Waals surface area (Å²) < 4.78 is 31.5. The molecule has 0 N–H and O–H groups in total. The summed E-state index contributed by atoms with van der Waals surface area (Å²) in [4.78, 5) is 14.7. The van der Waals surface area contributed by atoms with Crippen molar-refractivity contribution in [1.82, 2.24) is 9.21 Å². The lowest BCUT2D eigenvalue weighted by Gasteiger charge is -2.26. The lowest BCUT2D eigenvalue weighted by atomic mass is 10.1. The Morgan fingerprint density at radius 2 is 1.81 bits per heavy atom. The number of amides is 1. The lowest BCUT2D eigenvalue weighted by Crippen LogP contribution is -2.30. The molecule has 0 heterocycles. The Kier molecular flexibility index (Phi) is 5.26. The van der Waals surface area contributed by atoms with Gasteiger partial charge in [0.2, 0.25) is 10.0 Å². The van der Waals surface area contributed by atoms with Crippen LogP contribution in [0.5, 0.6) is 5.75 Å². The monoisotopic (exact) mass is 388 g/mol. The Labute approximate surface area is 160 Å². The van der Waals surface area contributed by atoms with E-state index in [-0.39, 0.29) is 22.6 Å². The lowest BCUT2D eigenvalue weighted by molar-refractivity contribution is 0.0730. The Morgan fingerprint density at radius 3 is 2.48 bits per heavy atom. The van der Waals surface area contributed by atoms with Crippen molar-refractivity contribution in [3.05, 3.63) is 59.2 Å². The summed E-state index contributed by atoms with van der Waals surface area (Å²) >= 11 is 0. The summed E-state index contributed by atoms with van der Waals surface area (Å²) in [6.45, 7) is 0. The van der Waals surface area contributed by atoms with Crippen LogP contribution >= 0.6 is 0 Å². The van der Waals surface area contributed by atoms with Gasteiger partial charge in [-0.25, -0.2) is 12.7 Å². The van der Waals surface area contributed by atoms with Gasteiger partial charge >= 0.3 is 0 Å². The maximum absolute atomic E-state index is 13.1. The van der Waals surface area contributed by atoms with E-state index < -0.39 is 10.0 Å². The summed E-state index contributed by atoms with van der Waals surface area (Å²) in [7, 11) is 2.34. The number of aryl methyl sites for hydroxylation is 1. The largest absolute Gasteiger partial charge is 0.495 e. The molecule has 0 aliphatic heterocycles. The Bertz CT molecular complexity index is 970. The second-order valence-corrected chi connectivity index (χ2v) is 8.94. The van der Waals surface area contributed by atoms with Gasteiger partial charge in [-0.15, -0.1) is 0 Å². The third-order valence-corrected chi connectivity index (χ3v) is 6.89. The molecule has 0 saturated carbocycles. The molecule has 144 valence electrons. The number of ether oxygens (including phenoxy) is 1. The first kappa shape index (κ1) is 19.4. The Hall–Kier alpha value is -2.38. The van der Waals surface area contributed by atoms with Gasteiger partial charge in [-0.3, -0.25) is 4.79 Å². The molecular formula is C20H24N2O4S. The minimum atomic E-state index is -3.73. The molecule has 0 aromatic heterocycles. The highest BCUT2D eigenvalue weighted by Crippen LogP contribution is 2.36. The van der Waals surface area contributed by atoms with Gasteiger partial charge in [-0.05, 0) is 42.2 Å². The van der Waals surface area contributed by atoms with Crippen molar-refractivity contribution in [1.29, 1.82) is 0 Å². The number of sulfonamides is 1. The van der Waals surface area contributed by atoms with Crippen LogP contribution in [0.15, 0.2) is 47.4 Å². The summed E-state index contributed by atoms with van der Waals surface area (Å²) in [5.41, 5.74) is 2.74. The molecule has 0 spiro atoms. The normalized spacial score (nSPS) is 16.3. The second-order valence-electron chi connectivity index (χ2n) is 6.82. The van der Waals surface area contributed by atoms with Crippen LogP contribution in [0.1, 0.15) is 33.9 Å². The summed E-state index contributed by atoms with van der Waals surface area (Å²) in [5, 5.41) is 0. The standard InChI is InChI=1S/C20H24N2O4S/c1-21(2)27(24,25)19-13-15(10-12-18(19)26-4)20(23)22(3)17-11-9-14-7-5-6-8-16(14)17/h5-8,10,12-13,17H,9,11H2,1-4H3. The summed E-state index contributed by atoms with van der Waals surface area (Å²) in [6, 6.07) is 12.6. The molecule has 0 bridgehead atoms. The molecule has 0 saturated heterocycles. The summed E-state index contributed by atoms with van der Waals surface area (Å²) in [5.74, 6) is 0.00340. The molecule has 0 radical (unpaired) electrons. The van der Waals surface area contributed by atoms with Crippen molar-refractivity contribution in [3.8, 4) is 5.75 Å². The van der Waals surface area contributed by atoms with Gasteiger partial charge in [0, 0.05) is 26.7 Å². The van der Waals surface area contributed by atoms with E-state index >= 15 is 0 Å². The van der Waals surface area contributed by atoms with Gasteiger partial charge in [0.25, 0.3) is 5.91 Å². The number of carbonyl (C=O) groups is 1. The third-order valence-electron chi connectivity index (χ3n) is 5.06. The van der Waals surface area contributed by atoms with Crippen molar-refractivity contribution >= 4 is 15.9 Å². The zero-order chi connectivity index (χ0) is 19.8. The molecule has 1 unspecified atom stereocenters. The maximum Gasteiger partial charge on any atom is 0.254 e. The van der Waals surface area contributed by atoms with Crippen LogP contribution in [0.3, 0.4) is 0 Å². The van der Waals surface area contributed by atoms with Crippen LogP contribution in [-0.2, 0) is 16.4 Å². The van der Waals surface area contributed by atoms with E-state index in [1.165, 1.54) is 38.9 Å². The second kappa shape index (κ2) is 7.32. The van der Waals surface area contributed by atoms with Crippen molar-refractivity contribution in [3.63, 3.8) is 0 Å². The van der Waals surface area contributed by atoms with Gasteiger partial charge < -0.3 is 9.64 Å². The van der Waals surface area contributed by atoms with Crippen molar-refractivity contribution in [2.24, 2.45) is 0 Å². The van der Waals surface area contributed by atoms with Crippen LogP contribution in [0.4, 0.5) is 0 Å². The maximum atomic E-state index is 13.1. The van der Waals surface area contributed by atoms with Gasteiger partial charge in [-0.2, -0.15) is 0 Å². The number of nitrogens with zero attached hydrogens (tertiary/aromatic N) is 2. The average molecular weight is 388 g/mol. The molecule has 27 heavy (non-hydrogen) atoms. The Morgan fingerprint density at radius 1 is 1.11 bits per heavy atom. The van der Waals surface area contributed by atoms with Crippen LogP contribution in [0.25, 0.3) is 0 Å². The highest BCUT2D eigenvalue weighted by atomic mass is 32.2. The molecule has 1 aliphatic rings. The molecule has 7 heteroatoms. The van der Waals surface area contributed by atoms with Gasteiger partial charge in [0.1, 0.15) is 10.6 Å². The van der Waals surface area contributed by atoms with Crippen LogP contribution in [0.2, 0.25) is 0 Å². The van der Waals surface area contributed by atoms with E-state index in [4.69, 9.17) is 4.74 Å². The SMILES string of the molecule is COc1ccc(C(=O)N(C)C2CCc3ccccc32)cc1S(=O)(=O)N(C)C. The highest BCUT2D eigenvalue weighted by molar-refractivity contribution is 7.89. The molecule has 6 nitrogen and oxygen atoms in total. The van der Waals surface area contributed by atoms with Crippen LogP contribution in [-0.4, -0.2) is 51.8 Å². The number of hydrogen-bond donors (Lipinski definition) is 0. The fourth-order valence-corrected chi connectivity index (χ4v) is 4.57. The number of rotatable bonds is 5. The number of hydrogen-bond acceptors (Lipinski definition) is 4. The van der Waals surface area contributed by atoms with E-state index in [1.807, 2.05) is 18.2 Å². The molecule has 1 amide bonds. The molecule has 0 fully saturated rings. The fourth-order valence-electron chi connectivity index (χ4n) is 3.49. The van der Waals surface area contributed by atoms with Crippen molar-refractivity contribution in [2.45, 2.75) is 23.8 Å². The molecule has 1 aliphatic carbocycles. The molecular weight excluding hydrogens is 364 g/mol. The first-order valence-corrected chi connectivity index (χ1v) is 10.2. The predicted molar refractivity (Wildman–Crippen MR) is 103 cm³/mol. The first-order chi connectivity index (χ1) is 12.8. The fraction of sp³-hybridized carbons (Fsp3) is 0.350. The van der Waals surface area contributed by atoms with Crippen LogP contribution < -0.4 is 4.74 Å². The summed E-state index contributed by atoms with van der Waals surface area (Å²) in [6.07, 6.45) is 1.79. The average Bonchev–Trinajstić information content (AvgIpc) is 3.10. The van der Waals surface area contributed by atoms with Gasteiger partial charge in [-0.1, -0.05) is 24.3 Å². The van der Waals surface area contributed by atoms with Gasteiger partial charge in [0.05, 0.1) is 13.2 Å². The van der Waals surface area contributed by atoms with E-state index in [0.717, 1.165) is 22.7 Å². The van der Waals surface area contributed by atoms with Crippen molar-refractivity contribution < 1.29 is 17.9 Å².